The molecule has 27 rings (SSSR count). The first-order valence-corrected chi connectivity index (χ1v) is 43.1. The second-order valence-electron chi connectivity index (χ2n) is 31.5. The van der Waals surface area contributed by atoms with E-state index in [-0.39, 0.29) is 22.5 Å². The molecule has 14 aromatic carbocycles. The van der Waals surface area contributed by atoms with E-state index in [4.69, 9.17) is 4.42 Å². The largest absolute Gasteiger partial charge is 0.454 e. The highest BCUT2D eigenvalue weighted by Crippen LogP contribution is 2.64. The van der Waals surface area contributed by atoms with Gasteiger partial charge >= 0.3 is 0 Å². The number of thiophene rings is 3. The summed E-state index contributed by atoms with van der Waals surface area (Å²) in [5, 5.41) is 17.2. The van der Waals surface area contributed by atoms with E-state index in [2.05, 4.69) is 273 Å². The number of carbonyl (C=O) groups is 1. The molecule has 21 aromatic rings. The highest BCUT2D eigenvalue weighted by molar-refractivity contribution is 7.99. The van der Waals surface area contributed by atoms with E-state index in [0.29, 0.717) is 0 Å². The summed E-state index contributed by atoms with van der Waals surface area (Å²) < 4.78 is 14.3. The Bertz CT molecular complexity index is 8170. The van der Waals surface area contributed by atoms with Crippen LogP contribution in [-0.2, 0) is 16.2 Å². The Morgan fingerprint density at radius 1 is 0.288 bits per heavy atom. The lowest BCUT2D eigenvalue weighted by Gasteiger charge is -2.48. The molecule has 556 valence electrons. The van der Waals surface area contributed by atoms with Gasteiger partial charge in [-0.1, -0.05) is 266 Å². The van der Waals surface area contributed by atoms with Crippen molar-refractivity contribution in [3.05, 3.63) is 457 Å². The molecular formula is C105H62N4O5S4. The number of ketones is 1. The Kier molecular flexibility index (Phi) is 14.1. The molecule has 1 aliphatic carbocycles. The molecule has 6 aliphatic rings. The molecule has 118 heavy (non-hydrogen) atoms. The van der Waals surface area contributed by atoms with Crippen molar-refractivity contribution in [2.24, 2.45) is 0 Å². The van der Waals surface area contributed by atoms with Crippen LogP contribution in [0.4, 0.5) is 17.1 Å². The summed E-state index contributed by atoms with van der Waals surface area (Å²) in [6, 6.07) is 111. The molecule has 0 N–H and O–H groups in total. The summed E-state index contributed by atoms with van der Waals surface area (Å²) in [6.07, 6.45) is 0. The fraction of sp³-hybridized carbons (Fsp3) is 0.0476. The van der Waals surface area contributed by atoms with Crippen molar-refractivity contribution in [2.75, 3.05) is 4.90 Å². The number of hydrogen-bond acceptors (Lipinski definition) is 10. The molecule has 0 bridgehead atoms. The molecule has 12 heterocycles. The number of aryl methyl sites for hydroxylation is 2. The zero-order valence-electron chi connectivity index (χ0n) is 63.3. The first-order chi connectivity index (χ1) is 58.1. The van der Waals surface area contributed by atoms with Gasteiger partial charge in [-0.05, 0) is 170 Å². The molecule has 0 radical (unpaired) electrons. The summed E-state index contributed by atoms with van der Waals surface area (Å²) >= 11 is 6.57. The van der Waals surface area contributed by atoms with Crippen LogP contribution in [0.15, 0.2) is 366 Å². The molecule has 7 aromatic heterocycles. The van der Waals surface area contributed by atoms with Gasteiger partial charge in [0.2, 0.25) is 0 Å². The molecule has 0 saturated carbocycles. The van der Waals surface area contributed by atoms with Crippen LogP contribution in [0.25, 0.3) is 103 Å². The number of pyridine rings is 3. The molecule has 9 nitrogen and oxygen atoms in total. The van der Waals surface area contributed by atoms with Gasteiger partial charge in [-0.25, -0.2) is 0 Å². The van der Waals surface area contributed by atoms with Gasteiger partial charge in [0.1, 0.15) is 10.3 Å². The molecular weight excluding hydrogens is 1530 g/mol. The van der Waals surface area contributed by atoms with Gasteiger partial charge in [0.25, 0.3) is 16.7 Å². The minimum atomic E-state index is -0.732. The summed E-state index contributed by atoms with van der Waals surface area (Å²) in [5.41, 5.74) is 25.9. The normalized spacial score (nSPS) is 14.5. The Balaban J connectivity index is 0.000000100. The lowest BCUT2D eigenvalue weighted by atomic mass is 9.57. The van der Waals surface area contributed by atoms with Crippen LogP contribution < -0.4 is 21.6 Å². The number of aromatic nitrogens is 3. The van der Waals surface area contributed by atoms with Crippen molar-refractivity contribution in [1.29, 1.82) is 0 Å². The Labute approximate surface area is 690 Å². The number of carbonyl (C=O) groups excluding carboxylic acids is 1. The quantitative estimate of drug-likeness (QED) is 0.161. The lowest BCUT2D eigenvalue weighted by molar-refractivity contribution is 0.103. The van der Waals surface area contributed by atoms with Gasteiger partial charge in [0, 0.05) is 68.7 Å². The third kappa shape index (κ3) is 8.54. The van der Waals surface area contributed by atoms with Crippen molar-refractivity contribution in [2.45, 2.75) is 39.9 Å². The second kappa shape index (κ2) is 24.6. The van der Waals surface area contributed by atoms with Gasteiger partial charge in [-0.2, -0.15) is 11.3 Å². The van der Waals surface area contributed by atoms with Crippen LogP contribution in [0.3, 0.4) is 0 Å². The van der Waals surface area contributed by atoms with Gasteiger partial charge in [-0.3, -0.25) is 32.9 Å². The highest BCUT2D eigenvalue weighted by atomic mass is 32.2. The van der Waals surface area contributed by atoms with E-state index < -0.39 is 16.2 Å². The Morgan fingerprint density at radius 3 is 1.36 bits per heavy atom. The Morgan fingerprint density at radius 2 is 0.720 bits per heavy atom. The number of furan rings is 1. The van der Waals surface area contributed by atoms with Crippen LogP contribution in [0.5, 0.6) is 0 Å². The molecule has 0 atom stereocenters. The first-order valence-electron chi connectivity index (χ1n) is 39.6. The number of nitrogens with zero attached hydrogens (tertiary/aromatic N) is 4. The predicted molar refractivity (Wildman–Crippen MR) is 483 cm³/mol. The van der Waals surface area contributed by atoms with Crippen molar-refractivity contribution < 1.29 is 9.21 Å². The molecule has 0 fully saturated rings. The van der Waals surface area contributed by atoms with Crippen molar-refractivity contribution in [1.82, 2.24) is 13.7 Å². The fourth-order valence-corrected chi connectivity index (χ4v) is 25.2. The predicted octanol–water partition coefficient (Wildman–Crippen LogP) is 25.0. The number of anilines is 3. The lowest BCUT2D eigenvalue weighted by Crippen LogP contribution is -2.42. The van der Waals surface area contributed by atoms with Gasteiger partial charge in [-0.15, -0.1) is 22.7 Å². The van der Waals surface area contributed by atoms with Crippen molar-refractivity contribution in [3.63, 3.8) is 0 Å². The number of rotatable bonds is 1. The van der Waals surface area contributed by atoms with Crippen LogP contribution in [0.2, 0.25) is 0 Å². The minimum Gasteiger partial charge on any atom is -0.454 e. The van der Waals surface area contributed by atoms with Crippen LogP contribution in [0.1, 0.15) is 93.8 Å². The summed E-state index contributed by atoms with van der Waals surface area (Å²) in [5.74, 6) is 0.0478. The van der Waals surface area contributed by atoms with Gasteiger partial charge in [0.15, 0.2) is 11.4 Å². The standard InChI is InChI=1S/C42H24N2O2S.C33H21NO2S.C30H17NOS2/c45-41-29-24-47-23-28(29)26-12-9-17-33-39(26)44(41)36-20-7-4-16-32(36)42(33)30-14-2-5-18-34(30)43(35-19-6-3-15-31(35)42)37-21-10-13-27-25-11-1-8-22-38(25)46-40(27)37;1-18-11-12-28-26(16-18)33(24-9-5-3-7-20(24)30(35)21-8-4-6-10-25(21)33)27-17-19(2)15-23-29(27)34(28)32(36)22-13-14-37-31(22)23;32-29-28-19(16-17-33-28)18-8-7-12-23-27(18)31(29)24-13-4-1-9-20(24)30(23)21-10-2-5-14-25(21)34-26-15-6-3-11-22(26)30/h1-24H;3-17H,1-2H3;1-17H. The Hall–Kier alpha value is -13.8. The zero-order valence-corrected chi connectivity index (χ0v) is 66.6. The van der Waals surface area contributed by atoms with Crippen LogP contribution in [-0.4, -0.2) is 19.5 Å². The van der Waals surface area contributed by atoms with Crippen LogP contribution in [0, 0.1) is 13.8 Å². The topological polar surface area (TPSA) is 99.5 Å². The van der Waals surface area contributed by atoms with Crippen molar-refractivity contribution in [3.8, 4) is 17.1 Å². The smallest absolute Gasteiger partial charge is 0.273 e. The maximum Gasteiger partial charge on any atom is 0.273 e. The van der Waals surface area contributed by atoms with E-state index >= 15 is 0 Å². The number of fused-ring (bicyclic) bond motifs is 33. The third-order valence-electron chi connectivity index (χ3n) is 25.9. The van der Waals surface area contributed by atoms with Crippen LogP contribution >= 0.6 is 45.8 Å². The van der Waals surface area contributed by atoms with E-state index in [1.807, 2.05) is 108 Å². The first kappa shape index (κ1) is 67.5. The van der Waals surface area contributed by atoms with E-state index in [0.717, 1.165) is 192 Å². The van der Waals surface area contributed by atoms with Crippen molar-refractivity contribution >= 4 is 154 Å². The SMILES string of the molecule is Cc1ccc2c(c1)C1(c3ccccc3C(=O)c3ccccc31)c1cc(C)cc3c4sccc4c(=O)n-2c13.O=c1c2cscc2c2cccc3c2n1-c1ccccc1C31c2ccccc2N(c2cccc3c2oc2ccccc23)c2ccccc21.O=c1c2sccc2c2cccc3c2n1-c1ccccc1C31c2ccccc2Sc2ccccc21. The summed E-state index contributed by atoms with van der Waals surface area (Å²) in [7, 11) is 0. The monoisotopic (exact) mass is 1590 g/mol. The number of benzene rings is 14. The zero-order chi connectivity index (χ0) is 78.3. The highest BCUT2D eigenvalue weighted by Gasteiger charge is 2.54. The molecule has 0 saturated heterocycles. The minimum absolute atomic E-state index is 0.00209. The molecule has 0 unspecified atom stereocenters. The third-order valence-corrected chi connectivity index (χ3v) is 29.6. The molecule has 13 heteroatoms. The average molecular weight is 1590 g/mol. The van der Waals surface area contributed by atoms with E-state index in [1.165, 1.54) is 37.8 Å². The molecule has 3 spiro atoms. The molecule has 0 amide bonds. The van der Waals surface area contributed by atoms with E-state index in [9.17, 15) is 19.2 Å². The van der Waals surface area contributed by atoms with Gasteiger partial charge in [0.05, 0.1) is 77.7 Å². The maximum absolute atomic E-state index is 14.3. The second-order valence-corrected chi connectivity index (χ2v) is 35.2. The number of hydrogen-bond donors (Lipinski definition) is 0. The van der Waals surface area contributed by atoms with Gasteiger partial charge < -0.3 is 9.32 Å². The summed E-state index contributed by atoms with van der Waals surface area (Å²) in [4.78, 5) is 61.0. The molecule has 5 aliphatic heterocycles. The number of para-hydroxylation sites is 8. The fourth-order valence-electron chi connectivity index (χ4n) is 21.5. The average Bonchev–Trinajstić information content (AvgIpc) is 0.953. The summed E-state index contributed by atoms with van der Waals surface area (Å²) in [6.45, 7) is 4.21. The van der Waals surface area contributed by atoms with E-state index in [1.54, 1.807) is 22.7 Å². The maximum atomic E-state index is 14.3.